The molecule has 3 nitrogen and oxygen atoms in total. The van der Waals surface area contributed by atoms with Crippen molar-refractivity contribution in [2.24, 2.45) is 5.92 Å². The van der Waals surface area contributed by atoms with Gasteiger partial charge in [-0.15, -0.1) is 11.3 Å². The van der Waals surface area contributed by atoms with Crippen molar-refractivity contribution in [3.05, 3.63) is 22.4 Å². The van der Waals surface area contributed by atoms with E-state index in [0.717, 1.165) is 17.8 Å². The molecule has 1 saturated heterocycles. The summed E-state index contributed by atoms with van der Waals surface area (Å²) >= 11 is 1.50. The maximum Gasteiger partial charge on any atom is 0.261 e. The SMILES string of the molecule is CC(C)CC(CNC(=O)c1cccs1)N1CCCC1. The van der Waals surface area contributed by atoms with Crippen LogP contribution in [0.4, 0.5) is 0 Å². The number of hydrogen-bond donors (Lipinski definition) is 1. The average molecular weight is 280 g/mol. The topological polar surface area (TPSA) is 32.3 Å². The maximum absolute atomic E-state index is 12.0. The lowest BCUT2D eigenvalue weighted by Crippen LogP contribution is -2.43. The lowest BCUT2D eigenvalue weighted by atomic mass is 10.0. The summed E-state index contributed by atoms with van der Waals surface area (Å²) in [6.45, 7) is 7.65. The summed E-state index contributed by atoms with van der Waals surface area (Å²) in [5.74, 6) is 0.743. The van der Waals surface area contributed by atoms with Gasteiger partial charge in [0.25, 0.3) is 5.91 Å². The van der Waals surface area contributed by atoms with Crippen LogP contribution >= 0.6 is 11.3 Å². The Labute approximate surface area is 120 Å². The van der Waals surface area contributed by atoms with E-state index >= 15 is 0 Å². The molecule has 4 heteroatoms. The second-order valence-electron chi connectivity index (χ2n) is 5.71. The maximum atomic E-state index is 12.0. The van der Waals surface area contributed by atoms with Gasteiger partial charge in [-0.3, -0.25) is 9.69 Å². The van der Waals surface area contributed by atoms with Gasteiger partial charge in [0.15, 0.2) is 0 Å². The third-order valence-corrected chi connectivity index (χ3v) is 4.51. The Morgan fingerprint density at radius 3 is 2.74 bits per heavy atom. The van der Waals surface area contributed by atoms with E-state index in [2.05, 4.69) is 24.1 Å². The van der Waals surface area contributed by atoms with E-state index in [1.165, 1.54) is 37.3 Å². The third kappa shape index (κ3) is 4.32. The summed E-state index contributed by atoms with van der Waals surface area (Å²) in [5, 5.41) is 5.04. The molecule has 1 aromatic heterocycles. The molecule has 1 aliphatic heterocycles. The lowest BCUT2D eigenvalue weighted by molar-refractivity contribution is 0.0937. The van der Waals surface area contributed by atoms with Gasteiger partial charge < -0.3 is 5.32 Å². The van der Waals surface area contributed by atoms with E-state index in [4.69, 9.17) is 0 Å². The highest BCUT2D eigenvalue weighted by atomic mass is 32.1. The molecule has 1 fully saturated rings. The van der Waals surface area contributed by atoms with Gasteiger partial charge in [0.05, 0.1) is 4.88 Å². The second kappa shape index (κ2) is 7.06. The Bertz CT molecular complexity index is 383. The number of nitrogens with one attached hydrogen (secondary N) is 1. The number of nitrogens with zero attached hydrogens (tertiary/aromatic N) is 1. The third-order valence-electron chi connectivity index (χ3n) is 3.64. The highest BCUT2D eigenvalue weighted by molar-refractivity contribution is 7.12. The Morgan fingerprint density at radius 2 is 2.16 bits per heavy atom. The van der Waals surface area contributed by atoms with Crippen molar-refractivity contribution in [2.45, 2.75) is 39.2 Å². The normalized spacial score (nSPS) is 17.8. The molecule has 1 N–H and O–H groups in total. The molecule has 0 spiro atoms. The van der Waals surface area contributed by atoms with Crippen LogP contribution in [0.2, 0.25) is 0 Å². The smallest absolute Gasteiger partial charge is 0.261 e. The molecule has 1 unspecified atom stereocenters. The van der Waals surface area contributed by atoms with Gasteiger partial charge in [0.1, 0.15) is 0 Å². The van der Waals surface area contributed by atoms with Gasteiger partial charge in [0.2, 0.25) is 0 Å². The van der Waals surface area contributed by atoms with E-state index in [-0.39, 0.29) is 5.91 Å². The minimum atomic E-state index is 0.0722. The van der Waals surface area contributed by atoms with Crippen LogP contribution in [0.15, 0.2) is 17.5 Å². The molecule has 1 aromatic rings. The van der Waals surface area contributed by atoms with Crippen LogP contribution in [0.1, 0.15) is 42.8 Å². The number of thiophene rings is 1. The van der Waals surface area contributed by atoms with Crippen molar-refractivity contribution >= 4 is 17.2 Å². The molecule has 1 aliphatic rings. The zero-order valence-corrected chi connectivity index (χ0v) is 12.7. The Balaban J connectivity index is 1.86. The molecular weight excluding hydrogens is 256 g/mol. The first-order valence-corrected chi connectivity index (χ1v) is 8.10. The number of rotatable bonds is 6. The van der Waals surface area contributed by atoms with Crippen LogP contribution in [0.3, 0.4) is 0 Å². The molecule has 1 amide bonds. The first kappa shape index (κ1) is 14.5. The van der Waals surface area contributed by atoms with Crippen molar-refractivity contribution in [1.82, 2.24) is 10.2 Å². The zero-order chi connectivity index (χ0) is 13.7. The first-order valence-electron chi connectivity index (χ1n) is 7.22. The molecule has 106 valence electrons. The van der Waals surface area contributed by atoms with Gasteiger partial charge in [-0.1, -0.05) is 19.9 Å². The fourth-order valence-corrected chi connectivity index (χ4v) is 3.36. The van der Waals surface area contributed by atoms with Crippen molar-refractivity contribution < 1.29 is 4.79 Å². The van der Waals surface area contributed by atoms with Gasteiger partial charge in [-0.25, -0.2) is 0 Å². The zero-order valence-electron chi connectivity index (χ0n) is 11.9. The fourth-order valence-electron chi connectivity index (χ4n) is 2.72. The predicted octanol–water partition coefficient (Wildman–Crippen LogP) is 2.99. The summed E-state index contributed by atoms with van der Waals surface area (Å²) in [5.41, 5.74) is 0. The molecule has 0 saturated carbocycles. The Hall–Kier alpha value is -0.870. The number of carbonyl (C=O) groups excluding carboxylic acids is 1. The molecule has 2 rings (SSSR count). The predicted molar refractivity (Wildman–Crippen MR) is 80.7 cm³/mol. The number of amides is 1. The van der Waals surface area contributed by atoms with Crippen LogP contribution in [0, 0.1) is 5.92 Å². The average Bonchev–Trinajstić information content (AvgIpc) is 3.04. The molecule has 0 radical (unpaired) electrons. The minimum Gasteiger partial charge on any atom is -0.350 e. The van der Waals surface area contributed by atoms with Gasteiger partial charge in [-0.2, -0.15) is 0 Å². The molecule has 19 heavy (non-hydrogen) atoms. The monoisotopic (exact) mass is 280 g/mol. The molecular formula is C15H24N2OS. The number of carbonyl (C=O) groups is 1. The first-order chi connectivity index (χ1) is 9.16. The molecule has 2 heterocycles. The fraction of sp³-hybridized carbons (Fsp3) is 0.667. The van der Waals surface area contributed by atoms with Crippen molar-refractivity contribution in [3.8, 4) is 0 Å². The summed E-state index contributed by atoms with van der Waals surface area (Å²) in [6, 6.07) is 4.30. The number of hydrogen-bond acceptors (Lipinski definition) is 3. The molecule has 0 bridgehead atoms. The largest absolute Gasteiger partial charge is 0.350 e. The Kier molecular flexibility index (Phi) is 5.40. The summed E-state index contributed by atoms with van der Waals surface area (Å²) < 4.78 is 0. The number of likely N-dealkylation sites (tertiary alicyclic amines) is 1. The van der Waals surface area contributed by atoms with Gasteiger partial charge in [0, 0.05) is 12.6 Å². The van der Waals surface area contributed by atoms with E-state index in [1.807, 2.05) is 17.5 Å². The van der Waals surface area contributed by atoms with Crippen molar-refractivity contribution in [2.75, 3.05) is 19.6 Å². The lowest BCUT2D eigenvalue weighted by Gasteiger charge is -2.29. The van der Waals surface area contributed by atoms with Crippen LogP contribution < -0.4 is 5.32 Å². The molecule has 0 aliphatic carbocycles. The summed E-state index contributed by atoms with van der Waals surface area (Å²) in [6.07, 6.45) is 3.76. The summed E-state index contributed by atoms with van der Waals surface area (Å²) in [7, 11) is 0. The minimum absolute atomic E-state index is 0.0722. The van der Waals surface area contributed by atoms with Crippen LogP contribution in [-0.2, 0) is 0 Å². The van der Waals surface area contributed by atoms with Crippen LogP contribution in [0.5, 0.6) is 0 Å². The molecule has 0 aromatic carbocycles. The van der Waals surface area contributed by atoms with Gasteiger partial charge in [-0.05, 0) is 49.7 Å². The van der Waals surface area contributed by atoms with E-state index in [1.54, 1.807) is 0 Å². The standard InChI is InChI=1S/C15H24N2OS/c1-12(2)10-13(17-7-3-4-8-17)11-16-15(18)14-6-5-9-19-14/h5-6,9,12-13H,3-4,7-8,10-11H2,1-2H3,(H,16,18). The van der Waals surface area contributed by atoms with Crippen LogP contribution in [0.25, 0.3) is 0 Å². The Morgan fingerprint density at radius 1 is 1.42 bits per heavy atom. The summed E-state index contributed by atoms with van der Waals surface area (Å²) in [4.78, 5) is 15.3. The van der Waals surface area contributed by atoms with E-state index in [9.17, 15) is 4.79 Å². The van der Waals surface area contributed by atoms with Crippen molar-refractivity contribution in [1.29, 1.82) is 0 Å². The quantitative estimate of drug-likeness (QED) is 0.869. The second-order valence-corrected chi connectivity index (χ2v) is 6.66. The van der Waals surface area contributed by atoms with E-state index in [0.29, 0.717) is 12.0 Å². The van der Waals surface area contributed by atoms with E-state index < -0.39 is 0 Å². The highest BCUT2D eigenvalue weighted by Gasteiger charge is 2.23. The van der Waals surface area contributed by atoms with Crippen molar-refractivity contribution in [3.63, 3.8) is 0 Å². The van der Waals surface area contributed by atoms with Crippen LogP contribution in [-0.4, -0.2) is 36.5 Å². The molecule has 1 atom stereocenters. The van der Waals surface area contributed by atoms with Gasteiger partial charge >= 0.3 is 0 Å². The highest BCUT2D eigenvalue weighted by Crippen LogP contribution is 2.17.